The first-order chi connectivity index (χ1) is 15.7. The van der Waals surface area contributed by atoms with E-state index >= 15 is 0 Å². The fourth-order valence-electron chi connectivity index (χ4n) is 4.21. The number of benzene rings is 2. The molecule has 0 unspecified atom stereocenters. The highest BCUT2D eigenvalue weighted by Gasteiger charge is 2.28. The topological polar surface area (TPSA) is 66.2 Å². The van der Waals surface area contributed by atoms with Crippen LogP contribution < -0.4 is 9.47 Å². The maximum Gasteiger partial charge on any atom is 0.192 e. The van der Waals surface area contributed by atoms with Crippen molar-refractivity contribution in [3.8, 4) is 11.5 Å². The summed E-state index contributed by atoms with van der Waals surface area (Å²) in [5.74, 6) is 2.49. The SMILES string of the molecule is C=CCn1c(SCC(=O)c2ccc3c(c2)CCCC3)nnc1[C@@H]1COc2ccccc2O1. The number of Topliss-reactive ketones (excluding diaryl/α,β-unsaturated/α-hetero) is 1. The number of nitrogens with zero attached hydrogens (tertiary/aromatic N) is 3. The average molecular weight is 448 g/mol. The molecule has 2 aliphatic rings. The van der Waals surface area contributed by atoms with Crippen molar-refractivity contribution in [3.05, 3.63) is 77.6 Å². The van der Waals surface area contributed by atoms with Gasteiger partial charge in [-0.05, 0) is 55.0 Å². The van der Waals surface area contributed by atoms with Gasteiger partial charge >= 0.3 is 0 Å². The molecular formula is C25H25N3O3S. The third-order valence-corrected chi connectivity index (χ3v) is 6.82. The average Bonchev–Trinajstić information content (AvgIpc) is 3.24. The fourth-order valence-corrected chi connectivity index (χ4v) is 5.06. The fraction of sp³-hybridized carbons (Fsp3) is 0.320. The van der Waals surface area contributed by atoms with Crippen LogP contribution in [0.5, 0.6) is 11.5 Å². The molecule has 0 spiro atoms. The molecular weight excluding hydrogens is 422 g/mol. The van der Waals surface area contributed by atoms with Crippen molar-refractivity contribution in [2.75, 3.05) is 12.4 Å². The van der Waals surface area contributed by atoms with Gasteiger partial charge in [-0.25, -0.2) is 0 Å². The van der Waals surface area contributed by atoms with Gasteiger partial charge < -0.3 is 9.47 Å². The van der Waals surface area contributed by atoms with Crippen LogP contribution in [0.15, 0.2) is 60.3 Å². The summed E-state index contributed by atoms with van der Waals surface area (Å²) in [5.41, 5.74) is 3.47. The van der Waals surface area contributed by atoms with Gasteiger partial charge in [0.25, 0.3) is 0 Å². The zero-order valence-electron chi connectivity index (χ0n) is 17.8. The number of ketones is 1. The van der Waals surface area contributed by atoms with Gasteiger partial charge in [-0.1, -0.05) is 42.1 Å². The van der Waals surface area contributed by atoms with Crippen LogP contribution in [0.25, 0.3) is 0 Å². The minimum Gasteiger partial charge on any atom is -0.485 e. The highest BCUT2D eigenvalue weighted by atomic mass is 32.2. The van der Waals surface area contributed by atoms with Crippen molar-refractivity contribution in [1.82, 2.24) is 14.8 Å². The Kier molecular flexibility index (Phi) is 5.99. The zero-order chi connectivity index (χ0) is 21.9. The van der Waals surface area contributed by atoms with Crippen molar-refractivity contribution < 1.29 is 14.3 Å². The summed E-state index contributed by atoms with van der Waals surface area (Å²) in [4.78, 5) is 12.9. The van der Waals surface area contributed by atoms with Crippen molar-refractivity contribution in [3.63, 3.8) is 0 Å². The van der Waals surface area contributed by atoms with Crippen LogP contribution in [0.3, 0.4) is 0 Å². The second kappa shape index (κ2) is 9.20. The van der Waals surface area contributed by atoms with E-state index in [1.54, 1.807) is 6.08 Å². The number of hydrogen-bond acceptors (Lipinski definition) is 6. The van der Waals surface area contributed by atoms with Crippen molar-refractivity contribution in [2.45, 2.75) is 43.5 Å². The number of aromatic nitrogens is 3. The summed E-state index contributed by atoms with van der Waals surface area (Å²) in [6, 6.07) is 13.7. The summed E-state index contributed by atoms with van der Waals surface area (Å²) in [5, 5.41) is 9.38. The van der Waals surface area contributed by atoms with Crippen molar-refractivity contribution in [2.24, 2.45) is 0 Å². The standard InChI is InChI=1S/C25H25N3O3S/c1-2-13-28-24(23-15-30-21-9-5-6-10-22(21)31-23)26-27-25(28)32-16-20(29)19-12-11-17-7-3-4-8-18(17)14-19/h2,5-6,9-12,14,23H,1,3-4,7-8,13,15-16H2/t23-/m0/s1. The molecule has 2 aromatic carbocycles. The smallest absolute Gasteiger partial charge is 0.192 e. The van der Waals surface area contributed by atoms with Crippen molar-refractivity contribution in [1.29, 1.82) is 0 Å². The molecule has 164 valence electrons. The first-order valence-corrected chi connectivity index (χ1v) is 11.9. The lowest BCUT2D eigenvalue weighted by atomic mass is 9.90. The number of aryl methyl sites for hydroxylation is 2. The Hall–Kier alpha value is -3.06. The van der Waals surface area contributed by atoms with Gasteiger partial charge in [-0.3, -0.25) is 9.36 Å². The number of hydrogen-bond donors (Lipinski definition) is 0. The Morgan fingerprint density at radius 1 is 1.12 bits per heavy atom. The van der Waals surface area contributed by atoms with Gasteiger partial charge in [-0.15, -0.1) is 16.8 Å². The monoisotopic (exact) mass is 447 g/mol. The molecule has 5 rings (SSSR count). The molecule has 0 saturated heterocycles. The van der Waals surface area contributed by atoms with E-state index in [-0.39, 0.29) is 11.9 Å². The Labute approximate surface area is 191 Å². The van der Waals surface area contributed by atoms with E-state index in [0.29, 0.717) is 35.6 Å². The van der Waals surface area contributed by atoms with Gasteiger partial charge in [0.1, 0.15) is 6.61 Å². The molecule has 1 aromatic heterocycles. The molecule has 6 nitrogen and oxygen atoms in total. The maximum atomic E-state index is 12.9. The molecule has 7 heteroatoms. The van der Waals surface area contributed by atoms with Crippen molar-refractivity contribution >= 4 is 17.5 Å². The summed E-state index contributed by atoms with van der Waals surface area (Å²) < 4.78 is 13.9. The third kappa shape index (κ3) is 4.17. The molecule has 1 atom stereocenters. The molecule has 0 fully saturated rings. The number of allylic oxidation sites excluding steroid dienone is 1. The summed E-state index contributed by atoms with van der Waals surface area (Å²) >= 11 is 1.39. The number of carbonyl (C=O) groups is 1. The van der Waals surface area contributed by atoms with Gasteiger partial charge in [0.15, 0.2) is 34.4 Å². The van der Waals surface area contributed by atoms with Gasteiger partial charge in [0.05, 0.1) is 5.75 Å². The van der Waals surface area contributed by atoms with E-state index in [1.807, 2.05) is 34.9 Å². The number of carbonyl (C=O) groups excluding carboxylic acids is 1. The van der Waals surface area contributed by atoms with E-state index in [1.165, 1.54) is 35.7 Å². The number of ether oxygens (including phenoxy) is 2. The number of fused-ring (bicyclic) bond motifs is 2. The highest BCUT2D eigenvalue weighted by Crippen LogP contribution is 2.36. The summed E-state index contributed by atoms with van der Waals surface area (Å²) in [7, 11) is 0. The van der Waals surface area contributed by atoms with Crippen LogP contribution >= 0.6 is 11.8 Å². The predicted molar refractivity (Wildman–Crippen MR) is 124 cm³/mol. The van der Waals surface area contributed by atoms with Crippen LogP contribution in [0.1, 0.15) is 46.3 Å². The molecule has 1 aliphatic heterocycles. The highest BCUT2D eigenvalue weighted by molar-refractivity contribution is 7.99. The molecule has 0 amide bonds. The van der Waals surface area contributed by atoms with E-state index in [9.17, 15) is 4.79 Å². The second-order valence-corrected chi connectivity index (χ2v) is 8.95. The first-order valence-electron chi connectivity index (χ1n) is 10.9. The summed E-state index contributed by atoms with van der Waals surface area (Å²) in [6.07, 6.45) is 6.03. The van der Waals surface area contributed by atoms with E-state index < -0.39 is 0 Å². The van der Waals surface area contributed by atoms with E-state index in [0.717, 1.165) is 24.2 Å². The van der Waals surface area contributed by atoms with Gasteiger partial charge in [0, 0.05) is 12.1 Å². The lowest BCUT2D eigenvalue weighted by Gasteiger charge is -2.26. The normalized spacial score (nSPS) is 16.9. The number of thioether (sulfide) groups is 1. The largest absolute Gasteiger partial charge is 0.485 e. The Morgan fingerprint density at radius 3 is 2.78 bits per heavy atom. The number of rotatable bonds is 7. The molecule has 32 heavy (non-hydrogen) atoms. The molecule has 0 bridgehead atoms. The Morgan fingerprint density at radius 2 is 1.94 bits per heavy atom. The lowest BCUT2D eigenvalue weighted by molar-refractivity contribution is 0.0821. The first kappa shape index (κ1) is 20.8. The molecule has 0 N–H and O–H groups in total. The van der Waals surface area contributed by atoms with Gasteiger partial charge in [-0.2, -0.15) is 0 Å². The molecule has 0 radical (unpaired) electrons. The quantitative estimate of drug-likeness (QED) is 0.294. The Bertz CT molecular complexity index is 1160. The molecule has 2 heterocycles. The second-order valence-electron chi connectivity index (χ2n) is 8.01. The Balaban J connectivity index is 1.31. The lowest BCUT2D eigenvalue weighted by Crippen LogP contribution is -2.25. The zero-order valence-corrected chi connectivity index (χ0v) is 18.6. The van der Waals surface area contributed by atoms with Crippen LogP contribution in [-0.2, 0) is 19.4 Å². The van der Waals surface area contributed by atoms with Gasteiger partial charge in [0.2, 0.25) is 0 Å². The van der Waals surface area contributed by atoms with Crippen LogP contribution in [0.2, 0.25) is 0 Å². The third-order valence-electron chi connectivity index (χ3n) is 5.86. The minimum absolute atomic E-state index is 0.101. The molecule has 1 aliphatic carbocycles. The van der Waals surface area contributed by atoms with Crippen LogP contribution in [0.4, 0.5) is 0 Å². The van der Waals surface area contributed by atoms with Crippen LogP contribution in [-0.4, -0.2) is 32.9 Å². The van der Waals surface area contributed by atoms with Crippen LogP contribution in [0, 0.1) is 0 Å². The molecule has 3 aromatic rings. The van der Waals surface area contributed by atoms with E-state index in [2.05, 4.69) is 28.9 Å². The predicted octanol–water partition coefficient (Wildman–Crippen LogP) is 4.83. The number of para-hydroxylation sites is 2. The maximum absolute atomic E-state index is 12.9. The minimum atomic E-state index is -0.372. The summed E-state index contributed by atoms with van der Waals surface area (Å²) in [6.45, 7) is 4.74. The molecule has 0 saturated carbocycles. The van der Waals surface area contributed by atoms with E-state index in [4.69, 9.17) is 9.47 Å².